The average molecular weight is 527 g/mol. The van der Waals surface area contributed by atoms with E-state index >= 15 is 0 Å². The van der Waals surface area contributed by atoms with Gasteiger partial charge in [-0.05, 0) is 47.4 Å². The Morgan fingerprint density at radius 1 is 0.921 bits per heavy atom. The summed E-state index contributed by atoms with van der Waals surface area (Å²) in [5, 5.41) is 3.72. The number of nitrogens with zero attached hydrogens (tertiary/aromatic N) is 3. The topological polar surface area (TPSA) is 76.6 Å². The normalized spacial score (nSPS) is 11.8. The van der Waals surface area contributed by atoms with Crippen molar-refractivity contribution in [2.75, 3.05) is 18.7 Å². The van der Waals surface area contributed by atoms with Gasteiger partial charge >= 0.3 is 0 Å². The molecule has 5 rings (SSSR count). The molecule has 1 aliphatic heterocycles. The summed E-state index contributed by atoms with van der Waals surface area (Å²) in [6.07, 6.45) is 0.846. The van der Waals surface area contributed by atoms with Gasteiger partial charge in [-0.3, -0.25) is 4.79 Å². The minimum atomic E-state index is -0.119. The molecule has 7 nitrogen and oxygen atoms in total. The Hall–Kier alpha value is -4.04. The summed E-state index contributed by atoms with van der Waals surface area (Å²) in [6.45, 7) is 3.54. The molecule has 1 aliphatic rings. The lowest BCUT2D eigenvalue weighted by Crippen LogP contribution is -2.22. The van der Waals surface area contributed by atoms with Gasteiger partial charge in [-0.25, -0.2) is 9.97 Å². The summed E-state index contributed by atoms with van der Waals surface area (Å²) in [6, 6.07) is 25.8. The number of thioether (sulfide) groups is 1. The number of anilines is 1. The second-order valence-electron chi connectivity index (χ2n) is 9.05. The van der Waals surface area contributed by atoms with E-state index in [-0.39, 0.29) is 12.7 Å². The Morgan fingerprint density at radius 3 is 2.47 bits per heavy atom. The smallest absolute Gasteiger partial charge is 0.251 e. The van der Waals surface area contributed by atoms with Crippen molar-refractivity contribution < 1.29 is 14.3 Å². The highest BCUT2D eigenvalue weighted by Crippen LogP contribution is 2.32. The fourth-order valence-electron chi connectivity index (χ4n) is 4.07. The molecule has 0 saturated heterocycles. The standard InChI is InChI=1S/C30H30N4O3S/c1-3-25-16-28(34(2)18-21-7-5-4-6-8-21)33-30(32-25)38-19-22-9-12-24(13-10-22)29(35)31-17-23-11-14-26-27(15-23)37-20-36-26/h4-16H,3,17-20H2,1-2H3,(H,31,35). The number of hydrogen-bond donors (Lipinski definition) is 1. The van der Waals surface area contributed by atoms with Crippen LogP contribution < -0.4 is 19.7 Å². The van der Waals surface area contributed by atoms with Crippen LogP contribution in [0.3, 0.4) is 0 Å². The second-order valence-corrected chi connectivity index (χ2v) is 9.99. The highest BCUT2D eigenvalue weighted by atomic mass is 32.2. The van der Waals surface area contributed by atoms with Gasteiger partial charge in [-0.2, -0.15) is 0 Å². The molecule has 8 heteroatoms. The maximum Gasteiger partial charge on any atom is 0.251 e. The van der Waals surface area contributed by atoms with Gasteiger partial charge in [0, 0.05) is 43.2 Å². The molecular formula is C30H30N4O3S. The van der Waals surface area contributed by atoms with Crippen molar-refractivity contribution in [3.63, 3.8) is 0 Å². The van der Waals surface area contributed by atoms with Crippen LogP contribution in [0.25, 0.3) is 0 Å². The molecule has 194 valence electrons. The molecule has 4 aromatic rings. The predicted octanol–water partition coefficient (Wildman–Crippen LogP) is 5.63. The Labute approximate surface area is 227 Å². The Balaban J connectivity index is 1.17. The molecule has 3 aromatic carbocycles. The summed E-state index contributed by atoms with van der Waals surface area (Å²) in [4.78, 5) is 24.3. The van der Waals surface area contributed by atoms with Gasteiger partial charge in [-0.15, -0.1) is 0 Å². The van der Waals surface area contributed by atoms with Crippen LogP contribution in [0.15, 0.2) is 84.0 Å². The number of amides is 1. The van der Waals surface area contributed by atoms with E-state index in [4.69, 9.17) is 19.4 Å². The molecular weight excluding hydrogens is 496 g/mol. The molecule has 0 bridgehead atoms. The first kappa shape index (κ1) is 25.6. The first-order valence-corrected chi connectivity index (χ1v) is 13.6. The van der Waals surface area contributed by atoms with Crippen molar-refractivity contribution in [3.05, 3.63) is 107 Å². The van der Waals surface area contributed by atoms with Gasteiger partial charge in [-0.1, -0.05) is 67.2 Å². The molecule has 1 amide bonds. The van der Waals surface area contributed by atoms with Crippen molar-refractivity contribution in [2.45, 2.75) is 37.3 Å². The van der Waals surface area contributed by atoms with Gasteiger partial charge in [0.05, 0.1) is 0 Å². The first-order valence-electron chi connectivity index (χ1n) is 12.6. The van der Waals surface area contributed by atoms with Crippen LogP contribution in [0.2, 0.25) is 0 Å². The van der Waals surface area contributed by atoms with Crippen LogP contribution in [-0.2, 0) is 25.3 Å². The molecule has 38 heavy (non-hydrogen) atoms. The summed E-state index contributed by atoms with van der Waals surface area (Å²) >= 11 is 1.60. The lowest BCUT2D eigenvalue weighted by molar-refractivity contribution is 0.0951. The number of rotatable bonds is 10. The van der Waals surface area contributed by atoms with E-state index in [1.807, 2.05) is 48.5 Å². The SMILES string of the molecule is CCc1cc(N(C)Cc2ccccc2)nc(SCc2ccc(C(=O)NCc3ccc4c(c3)OCO4)cc2)n1. The van der Waals surface area contributed by atoms with E-state index < -0.39 is 0 Å². The fraction of sp³-hybridized carbons (Fsp3) is 0.233. The Kier molecular flexibility index (Phi) is 8.09. The Morgan fingerprint density at radius 2 is 1.68 bits per heavy atom. The third-order valence-electron chi connectivity index (χ3n) is 6.24. The van der Waals surface area contributed by atoms with E-state index in [9.17, 15) is 4.79 Å². The molecule has 0 fully saturated rings. The van der Waals surface area contributed by atoms with Crippen LogP contribution in [0, 0.1) is 0 Å². The zero-order valence-corrected chi connectivity index (χ0v) is 22.3. The predicted molar refractivity (Wildman–Crippen MR) is 150 cm³/mol. The zero-order valence-electron chi connectivity index (χ0n) is 21.5. The van der Waals surface area contributed by atoms with E-state index in [0.29, 0.717) is 23.6 Å². The largest absolute Gasteiger partial charge is 0.454 e. The lowest BCUT2D eigenvalue weighted by atomic mass is 10.1. The van der Waals surface area contributed by atoms with Crippen LogP contribution in [0.1, 0.15) is 39.7 Å². The fourth-order valence-corrected chi connectivity index (χ4v) is 4.90. The third-order valence-corrected chi connectivity index (χ3v) is 7.15. The summed E-state index contributed by atoms with van der Waals surface area (Å²) < 4.78 is 10.7. The number of aromatic nitrogens is 2. The van der Waals surface area contributed by atoms with Crippen molar-refractivity contribution in [1.29, 1.82) is 0 Å². The van der Waals surface area contributed by atoms with Gasteiger partial charge in [0.2, 0.25) is 6.79 Å². The van der Waals surface area contributed by atoms with Crippen LogP contribution in [0.5, 0.6) is 11.5 Å². The number of fused-ring (bicyclic) bond motifs is 1. The number of carbonyl (C=O) groups excluding carboxylic acids is 1. The molecule has 0 unspecified atom stereocenters. The molecule has 2 heterocycles. The number of hydrogen-bond acceptors (Lipinski definition) is 7. The van der Waals surface area contributed by atoms with Gasteiger partial charge in [0.15, 0.2) is 16.7 Å². The van der Waals surface area contributed by atoms with Gasteiger partial charge in [0.25, 0.3) is 5.91 Å². The van der Waals surface area contributed by atoms with Gasteiger partial charge < -0.3 is 19.7 Å². The highest BCUT2D eigenvalue weighted by Gasteiger charge is 2.14. The zero-order chi connectivity index (χ0) is 26.3. The quantitative estimate of drug-likeness (QED) is 0.212. The lowest BCUT2D eigenvalue weighted by Gasteiger charge is -2.19. The minimum absolute atomic E-state index is 0.119. The molecule has 0 saturated carbocycles. The number of benzene rings is 3. The summed E-state index contributed by atoms with van der Waals surface area (Å²) in [5.41, 5.74) is 4.94. The van der Waals surface area contributed by atoms with Crippen LogP contribution in [0.4, 0.5) is 5.82 Å². The molecule has 0 aliphatic carbocycles. The van der Waals surface area contributed by atoms with E-state index in [1.54, 1.807) is 11.8 Å². The van der Waals surface area contributed by atoms with Crippen molar-refractivity contribution >= 4 is 23.5 Å². The first-order chi connectivity index (χ1) is 18.6. The van der Waals surface area contributed by atoms with Crippen molar-refractivity contribution in [3.8, 4) is 11.5 Å². The van der Waals surface area contributed by atoms with Crippen molar-refractivity contribution in [2.24, 2.45) is 0 Å². The van der Waals surface area contributed by atoms with E-state index in [2.05, 4.69) is 54.5 Å². The Bertz CT molecular complexity index is 1400. The number of carbonyl (C=O) groups is 1. The van der Waals surface area contributed by atoms with Crippen LogP contribution in [-0.4, -0.2) is 29.7 Å². The third kappa shape index (κ3) is 6.44. The number of ether oxygens (including phenoxy) is 2. The van der Waals surface area contributed by atoms with E-state index in [1.165, 1.54) is 5.56 Å². The molecule has 0 radical (unpaired) electrons. The highest BCUT2D eigenvalue weighted by molar-refractivity contribution is 7.98. The number of nitrogens with one attached hydrogen (secondary N) is 1. The van der Waals surface area contributed by atoms with Gasteiger partial charge in [0.1, 0.15) is 5.82 Å². The summed E-state index contributed by atoms with van der Waals surface area (Å²) in [7, 11) is 2.06. The van der Waals surface area contributed by atoms with Crippen LogP contribution >= 0.6 is 11.8 Å². The number of aryl methyl sites for hydroxylation is 1. The summed E-state index contributed by atoms with van der Waals surface area (Å²) in [5.74, 6) is 2.95. The molecule has 0 atom stereocenters. The average Bonchev–Trinajstić information content (AvgIpc) is 3.43. The van der Waals surface area contributed by atoms with Crippen molar-refractivity contribution in [1.82, 2.24) is 15.3 Å². The second kappa shape index (κ2) is 12.0. The minimum Gasteiger partial charge on any atom is -0.454 e. The monoisotopic (exact) mass is 526 g/mol. The van der Waals surface area contributed by atoms with E-state index in [0.717, 1.165) is 46.5 Å². The maximum atomic E-state index is 12.6. The molecule has 1 N–H and O–H groups in total. The maximum absolute atomic E-state index is 12.6. The molecule has 0 spiro atoms. The molecule has 1 aromatic heterocycles.